The molecule has 0 amide bonds. The Labute approximate surface area is 63.8 Å². The van der Waals surface area contributed by atoms with Gasteiger partial charge in [0.25, 0.3) is 0 Å². The number of thiazole rings is 1. The summed E-state index contributed by atoms with van der Waals surface area (Å²) in [4.78, 5) is 8.67. The Morgan fingerprint density at radius 2 is 2.60 bits per heavy atom. The number of nitrogens with zero attached hydrogens (tertiary/aromatic N) is 1. The largest absolute Gasteiger partial charge is 0.297 e. The molecule has 0 spiro atoms. The minimum Gasteiger partial charge on any atom is -0.297 e. The van der Waals surface area contributed by atoms with Gasteiger partial charge in [0, 0.05) is 5.38 Å². The summed E-state index contributed by atoms with van der Waals surface area (Å²) in [6, 6.07) is 0. The molecule has 0 bridgehead atoms. The predicted molar refractivity (Wildman–Crippen MR) is 40.5 cm³/mol. The summed E-state index contributed by atoms with van der Waals surface area (Å²) >= 11 is 1.58. The highest BCUT2D eigenvalue weighted by molar-refractivity contribution is 7.09. The van der Waals surface area contributed by atoms with E-state index in [1.165, 1.54) is 0 Å². The summed E-state index contributed by atoms with van der Waals surface area (Å²) in [6.45, 7) is 2.49. The smallest absolute Gasteiger partial charge is 0.121 e. The van der Waals surface area contributed by atoms with Crippen LogP contribution in [0.5, 0.6) is 0 Å². The molecule has 0 aliphatic heterocycles. The summed E-state index contributed by atoms with van der Waals surface area (Å²) in [6.07, 6.45) is 0.973. The zero-order chi connectivity index (χ0) is 7.40. The summed E-state index contributed by atoms with van der Waals surface area (Å²) in [5, 5.41) is 2.97. The Kier molecular flexibility index (Phi) is 2.80. The third-order valence-corrected chi connectivity index (χ3v) is 2.04. The number of rotatable bonds is 3. The van der Waals surface area contributed by atoms with Crippen LogP contribution < -0.4 is 5.90 Å². The molecule has 1 aromatic heterocycles. The van der Waals surface area contributed by atoms with Crippen molar-refractivity contribution >= 4 is 11.3 Å². The van der Waals surface area contributed by atoms with Crippen LogP contribution in [0.15, 0.2) is 5.38 Å². The molecule has 2 N–H and O–H groups in total. The second-order valence-corrected chi connectivity index (χ2v) is 2.84. The van der Waals surface area contributed by atoms with Gasteiger partial charge in [-0.3, -0.25) is 4.84 Å². The van der Waals surface area contributed by atoms with Gasteiger partial charge < -0.3 is 0 Å². The fourth-order valence-corrected chi connectivity index (χ4v) is 1.45. The van der Waals surface area contributed by atoms with Gasteiger partial charge in [-0.1, -0.05) is 6.92 Å². The molecule has 0 fully saturated rings. The topological polar surface area (TPSA) is 48.1 Å². The molecule has 0 saturated heterocycles. The lowest BCUT2D eigenvalue weighted by molar-refractivity contribution is 0.124. The van der Waals surface area contributed by atoms with Crippen LogP contribution in [0.2, 0.25) is 0 Å². The Bertz CT molecular complexity index is 199. The molecule has 56 valence electrons. The molecule has 0 aliphatic carbocycles. The first-order valence-electron chi connectivity index (χ1n) is 3.11. The Morgan fingerprint density at radius 3 is 3.10 bits per heavy atom. The van der Waals surface area contributed by atoms with Crippen LogP contribution in [0, 0.1) is 0 Å². The number of hydrogen-bond donors (Lipinski definition) is 1. The molecule has 10 heavy (non-hydrogen) atoms. The molecule has 0 unspecified atom stereocenters. The van der Waals surface area contributed by atoms with Crippen molar-refractivity contribution in [3.8, 4) is 0 Å². The van der Waals surface area contributed by atoms with Crippen molar-refractivity contribution in [1.82, 2.24) is 4.98 Å². The molecule has 0 aromatic carbocycles. The Morgan fingerprint density at radius 1 is 1.80 bits per heavy atom. The van der Waals surface area contributed by atoms with Crippen molar-refractivity contribution in [2.24, 2.45) is 5.90 Å². The Balaban J connectivity index is 2.59. The van der Waals surface area contributed by atoms with Crippen LogP contribution in [-0.4, -0.2) is 4.98 Å². The van der Waals surface area contributed by atoms with E-state index in [-0.39, 0.29) is 0 Å². The lowest BCUT2D eigenvalue weighted by atomic mass is 10.4. The van der Waals surface area contributed by atoms with Gasteiger partial charge in [0.2, 0.25) is 0 Å². The zero-order valence-electron chi connectivity index (χ0n) is 5.83. The van der Waals surface area contributed by atoms with E-state index in [9.17, 15) is 0 Å². The van der Waals surface area contributed by atoms with Crippen molar-refractivity contribution < 1.29 is 4.84 Å². The molecule has 1 heterocycles. The molecule has 1 aromatic rings. The van der Waals surface area contributed by atoms with Gasteiger partial charge in [0.05, 0.1) is 5.69 Å². The highest BCUT2D eigenvalue weighted by Gasteiger charge is 1.97. The SMILES string of the molecule is CCc1csc(CON)n1. The second kappa shape index (κ2) is 3.65. The lowest BCUT2D eigenvalue weighted by Crippen LogP contribution is -1.98. The van der Waals surface area contributed by atoms with Crippen LogP contribution >= 0.6 is 11.3 Å². The first-order valence-corrected chi connectivity index (χ1v) is 3.99. The first-order chi connectivity index (χ1) is 4.86. The van der Waals surface area contributed by atoms with Crippen molar-refractivity contribution in [2.45, 2.75) is 20.0 Å². The second-order valence-electron chi connectivity index (χ2n) is 1.90. The van der Waals surface area contributed by atoms with E-state index in [4.69, 9.17) is 5.90 Å². The fraction of sp³-hybridized carbons (Fsp3) is 0.500. The van der Waals surface area contributed by atoms with Crippen molar-refractivity contribution in [3.63, 3.8) is 0 Å². The zero-order valence-corrected chi connectivity index (χ0v) is 6.65. The van der Waals surface area contributed by atoms with E-state index >= 15 is 0 Å². The van der Waals surface area contributed by atoms with E-state index in [0.717, 1.165) is 17.1 Å². The van der Waals surface area contributed by atoms with Gasteiger partial charge >= 0.3 is 0 Å². The van der Waals surface area contributed by atoms with Gasteiger partial charge in [-0.05, 0) is 6.42 Å². The van der Waals surface area contributed by atoms with Crippen molar-refractivity contribution in [1.29, 1.82) is 0 Å². The van der Waals surface area contributed by atoms with Crippen LogP contribution in [-0.2, 0) is 17.9 Å². The molecule has 4 heteroatoms. The maximum Gasteiger partial charge on any atom is 0.121 e. The van der Waals surface area contributed by atoms with E-state index in [1.54, 1.807) is 11.3 Å². The third-order valence-electron chi connectivity index (χ3n) is 1.17. The highest BCUT2D eigenvalue weighted by atomic mass is 32.1. The van der Waals surface area contributed by atoms with Gasteiger partial charge in [-0.15, -0.1) is 11.3 Å². The van der Waals surface area contributed by atoms with Crippen molar-refractivity contribution in [2.75, 3.05) is 0 Å². The van der Waals surface area contributed by atoms with E-state index in [0.29, 0.717) is 6.61 Å². The van der Waals surface area contributed by atoms with Crippen LogP contribution in [0.25, 0.3) is 0 Å². The third kappa shape index (κ3) is 1.76. The Hall–Kier alpha value is -0.450. The number of nitrogens with two attached hydrogens (primary N) is 1. The first kappa shape index (κ1) is 7.65. The predicted octanol–water partition coefficient (Wildman–Crippen LogP) is 1.10. The monoisotopic (exact) mass is 158 g/mol. The summed E-state index contributed by atoms with van der Waals surface area (Å²) in [7, 11) is 0. The lowest BCUT2D eigenvalue weighted by Gasteiger charge is -1.88. The fourth-order valence-electron chi connectivity index (χ4n) is 0.649. The number of aromatic nitrogens is 1. The van der Waals surface area contributed by atoms with Crippen molar-refractivity contribution in [3.05, 3.63) is 16.1 Å². The summed E-state index contributed by atoms with van der Waals surface area (Å²) in [5.41, 5.74) is 1.11. The molecular formula is C6H10N2OS. The minimum absolute atomic E-state index is 0.421. The molecule has 0 aliphatic rings. The van der Waals surface area contributed by atoms with Crippen LogP contribution in [0.4, 0.5) is 0 Å². The molecule has 3 nitrogen and oxygen atoms in total. The van der Waals surface area contributed by atoms with Gasteiger partial charge in [-0.2, -0.15) is 0 Å². The summed E-state index contributed by atoms with van der Waals surface area (Å²) in [5.74, 6) is 4.88. The van der Waals surface area contributed by atoms with E-state index in [1.807, 2.05) is 5.38 Å². The average molecular weight is 158 g/mol. The number of hydrogen-bond acceptors (Lipinski definition) is 4. The maximum atomic E-state index is 4.88. The molecule has 0 atom stereocenters. The highest BCUT2D eigenvalue weighted by Crippen LogP contribution is 2.09. The standard InChI is InChI=1S/C6H10N2OS/c1-2-5-4-10-6(8-5)3-9-7/h4H,2-3,7H2,1H3. The molecule has 1 rings (SSSR count). The van der Waals surface area contributed by atoms with Crippen LogP contribution in [0.1, 0.15) is 17.6 Å². The maximum absolute atomic E-state index is 4.88. The quantitative estimate of drug-likeness (QED) is 0.670. The van der Waals surface area contributed by atoms with Gasteiger partial charge in [0.15, 0.2) is 0 Å². The molecular weight excluding hydrogens is 148 g/mol. The minimum atomic E-state index is 0.421. The van der Waals surface area contributed by atoms with Gasteiger partial charge in [-0.25, -0.2) is 10.9 Å². The van der Waals surface area contributed by atoms with Crippen LogP contribution in [0.3, 0.4) is 0 Å². The van der Waals surface area contributed by atoms with E-state index in [2.05, 4.69) is 16.7 Å². The summed E-state index contributed by atoms with van der Waals surface area (Å²) < 4.78 is 0. The van der Waals surface area contributed by atoms with Gasteiger partial charge in [0.1, 0.15) is 11.6 Å². The normalized spacial score (nSPS) is 10.2. The number of aryl methyl sites for hydroxylation is 1. The molecule has 0 saturated carbocycles. The average Bonchev–Trinajstić information content (AvgIpc) is 2.37. The van der Waals surface area contributed by atoms with E-state index < -0.39 is 0 Å². The molecule has 0 radical (unpaired) electrons.